The number of fused-ring (bicyclic) bond motifs is 1. The van der Waals surface area contributed by atoms with Crippen molar-refractivity contribution in [3.05, 3.63) is 23.8 Å². The van der Waals surface area contributed by atoms with E-state index in [4.69, 9.17) is 5.73 Å². The molecule has 3 heteroatoms. The van der Waals surface area contributed by atoms with Gasteiger partial charge in [-0.05, 0) is 29.9 Å². The normalized spacial score (nSPS) is 21.9. The molecule has 64 valence electrons. The van der Waals surface area contributed by atoms with Gasteiger partial charge in [0.05, 0.1) is 0 Å². The SMILES string of the molecule is NC1CCSc2cc(O)ccc21. The predicted molar refractivity (Wildman–Crippen MR) is 50.4 cm³/mol. The van der Waals surface area contributed by atoms with Gasteiger partial charge in [0, 0.05) is 10.9 Å². The third kappa shape index (κ3) is 1.30. The third-order valence-corrected chi connectivity index (χ3v) is 3.19. The van der Waals surface area contributed by atoms with E-state index in [1.807, 2.05) is 6.07 Å². The summed E-state index contributed by atoms with van der Waals surface area (Å²) in [5, 5.41) is 9.22. The van der Waals surface area contributed by atoms with Crippen molar-refractivity contribution in [3.8, 4) is 5.75 Å². The molecule has 2 rings (SSSR count). The van der Waals surface area contributed by atoms with Crippen LogP contribution < -0.4 is 5.73 Å². The maximum atomic E-state index is 9.22. The Labute approximate surface area is 75.8 Å². The van der Waals surface area contributed by atoms with Crippen LogP contribution in [0.25, 0.3) is 0 Å². The number of phenolic OH excluding ortho intramolecular Hbond substituents is 1. The summed E-state index contributed by atoms with van der Waals surface area (Å²) < 4.78 is 0. The van der Waals surface area contributed by atoms with Crippen molar-refractivity contribution in [2.75, 3.05) is 5.75 Å². The second-order valence-electron chi connectivity index (χ2n) is 2.97. The molecule has 1 heterocycles. The van der Waals surface area contributed by atoms with Gasteiger partial charge in [-0.3, -0.25) is 0 Å². The lowest BCUT2D eigenvalue weighted by atomic mass is 10.0. The van der Waals surface area contributed by atoms with Crippen molar-refractivity contribution in [1.82, 2.24) is 0 Å². The van der Waals surface area contributed by atoms with Crippen molar-refractivity contribution in [2.45, 2.75) is 17.4 Å². The lowest BCUT2D eigenvalue weighted by Gasteiger charge is -2.21. The molecular formula is C9H11NOS. The maximum absolute atomic E-state index is 9.22. The Balaban J connectivity index is 2.46. The lowest BCUT2D eigenvalue weighted by molar-refractivity contribution is 0.472. The molecule has 0 radical (unpaired) electrons. The summed E-state index contributed by atoms with van der Waals surface area (Å²) in [5.74, 6) is 1.38. The van der Waals surface area contributed by atoms with Gasteiger partial charge in [0.25, 0.3) is 0 Å². The molecule has 0 fully saturated rings. The minimum atomic E-state index is 0.154. The highest BCUT2D eigenvalue weighted by molar-refractivity contribution is 7.99. The minimum Gasteiger partial charge on any atom is -0.508 e. The van der Waals surface area contributed by atoms with E-state index in [0.717, 1.165) is 17.1 Å². The van der Waals surface area contributed by atoms with Gasteiger partial charge in [0.1, 0.15) is 5.75 Å². The molecule has 0 aromatic heterocycles. The number of benzene rings is 1. The number of rotatable bonds is 0. The summed E-state index contributed by atoms with van der Waals surface area (Å²) in [7, 11) is 0. The maximum Gasteiger partial charge on any atom is 0.116 e. The van der Waals surface area contributed by atoms with Crippen molar-refractivity contribution in [1.29, 1.82) is 0 Å². The van der Waals surface area contributed by atoms with Crippen LogP contribution in [0.1, 0.15) is 18.0 Å². The van der Waals surface area contributed by atoms with E-state index in [2.05, 4.69) is 0 Å². The predicted octanol–water partition coefficient (Wildman–Crippen LogP) is 1.89. The van der Waals surface area contributed by atoms with E-state index in [-0.39, 0.29) is 6.04 Å². The van der Waals surface area contributed by atoms with E-state index in [0.29, 0.717) is 5.75 Å². The summed E-state index contributed by atoms with van der Waals surface area (Å²) in [6.45, 7) is 0. The van der Waals surface area contributed by atoms with E-state index < -0.39 is 0 Å². The van der Waals surface area contributed by atoms with Crippen molar-refractivity contribution in [3.63, 3.8) is 0 Å². The van der Waals surface area contributed by atoms with Gasteiger partial charge < -0.3 is 10.8 Å². The molecule has 1 atom stereocenters. The van der Waals surface area contributed by atoms with Crippen LogP contribution in [0.5, 0.6) is 5.75 Å². The zero-order valence-corrected chi connectivity index (χ0v) is 7.47. The van der Waals surface area contributed by atoms with Crippen LogP contribution in [0, 0.1) is 0 Å². The molecule has 0 bridgehead atoms. The average molecular weight is 181 g/mol. The Hall–Kier alpha value is -0.670. The second-order valence-corrected chi connectivity index (χ2v) is 4.10. The van der Waals surface area contributed by atoms with Crippen LogP contribution in [0.2, 0.25) is 0 Å². The Morgan fingerprint density at radius 2 is 2.33 bits per heavy atom. The number of nitrogens with two attached hydrogens (primary N) is 1. The summed E-state index contributed by atoms with van der Waals surface area (Å²) in [5.41, 5.74) is 7.07. The first-order valence-corrected chi connectivity index (χ1v) is 4.97. The van der Waals surface area contributed by atoms with E-state index in [9.17, 15) is 5.11 Å². The fraction of sp³-hybridized carbons (Fsp3) is 0.333. The molecule has 0 amide bonds. The molecule has 12 heavy (non-hydrogen) atoms. The first-order valence-electron chi connectivity index (χ1n) is 3.98. The van der Waals surface area contributed by atoms with Crippen molar-refractivity contribution in [2.24, 2.45) is 5.73 Å². The van der Waals surface area contributed by atoms with Crippen molar-refractivity contribution < 1.29 is 5.11 Å². The van der Waals surface area contributed by atoms with Gasteiger partial charge in [0.2, 0.25) is 0 Å². The molecule has 0 spiro atoms. The Morgan fingerprint density at radius 3 is 3.17 bits per heavy atom. The van der Waals surface area contributed by atoms with Crippen LogP contribution in [-0.4, -0.2) is 10.9 Å². The number of aromatic hydroxyl groups is 1. The average Bonchev–Trinajstić information content (AvgIpc) is 2.04. The van der Waals surface area contributed by atoms with Crippen LogP contribution in [-0.2, 0) is 0 Å². The van der Waals surface area contributed by atoms with Gasteiger partial charge >= 0.3 is 0 Å². The molecule has 0 saturated carbocycles. The Bertz CT molecular complexity index is 301. The molecular weight excluding hydrogens is 170 g/mol. The molecule has 1 aromatic rings. The van der Waals surface area contributed by atoms with E-state index in [1.165, 1.54) is 5.56 Å². The van der Waals surface area contributed by atoms with E-state index in [1.54, 1.807) is 23.9 Å². The summed E-state index contributed by atoms with van der Waals surface area (Å²) >= 11 is 1.77. The zero-order chi connectivity index (χ0) is 8.55. The summed E-state index contributed by atoms with van der Waals surface area (Å²) in [6.07, 6.45) is 1.03. The lowest BCUT2D eigenvalue weighted by Crippen LogP contribution is -2.15. The topological polar surface area (TPSA) is 46.2 Å². The highest BCUT2D eigenvalue weighted by atomic mass is 32.2. The fourth-order valence-electron chi connectivity index (χ4n) is 1.41. The largest absolute Gasteiger partial charge is 0.508 e. The third-order valence-electron chi connectivity index (χ3n) is 2.08. The van der Waals surface area contributed by atoms with Crippen LogP contribution in [0.15, 0.2) is 23.1 Å². The van der Waals surface area contributed by atoms with Gasteiger partial charge in [-0.2, -0.15) is 0 Å². The van der Waals surface area contributed by atoms with Gasteiger partial charge in [-0.15, -0.1) is 11.8 Å². The highest BCUT2D eigenvalue weighted by Crippen LogP contribution is 2.36. The molecule has 0 saturated heterocycles. The number of thioether (sulfide) groups is 1. The first kappa shape index (κ1) is 7.95. The fourth-order valence-corrected chi connectivity index (χ4v) is 2.59. The zero-order valence-electron chi connectivity index (χ0n) is 6.66. The molecule has 1 unspecified atom stereocenters. The number of hydrogen-bond acceptors (Lipinski definition) is 3. The van der Waals surface area contributed by atoms with Crippen LogP contribution >= 0.6 is 11.8 Å². The first-order chi connectivity index (χ1) is 5.77. The van der Waals surface area contributed by atoms with Crippen LogP contribution in [0.3, 0.4) is 0 Å². The summed E-state index contributed by atoms with van der Waals surface area (Å²) in [4.78, 5) is 1.13. The summed E-state index contributed by atoms with van der Waals surface area (Å²) in [6, 6.07) is 5.56. The number of hydrogen-bond donors (Lipinski definition) is 2. The second kappa shape index (κ2) is 2.99. The molecule has 0 aliphatic carbocycles. The van der Waals surface area contributed by atoms with Gasteiger partial charge in [0.15, 0.2) is 0 Å². The monoisotopic (exact) mass is 181 g/mol. The number of phenols is 1. The smallest absolute Gasteiger partial charge is 0.116 e. The molecule has 3 N–H and O–H groups in total. The molecule has 1 aliphatic rings. The molecule has 1 aliphatic heterocycles. The Kier molecular flexibility index (Phi) is 1.98. The molecule has 2 nitrogen and oxygen atoms in total. The molecule has 1 aromatic carbocycles. The standard InChI is InChI=1S/C9H11NOS/c10-8-3-4-12-9-5-6(11)1-2-7(8)9/h1-2,5,8,11H,3-4,10H2. The highest BCUT2D eigenvalue weighted by Gasteiger charge is 2.16. The van der Waals surface area contributed by atoms with Gasteiger partial charge in [-0.25, -0.2) is 0 Å². The Morgan fingerprint density at radius 1 is 1.50 bits per heavy atom. The minimum absolute atomic E-state index is 0.154. The van der Waals surface area contributed by atoms with Crippen molar-refractivity contribution >= 4 is 11.8 Å². The quantitative estimate of drug-likeness (QED) is 0.642. The van der Waals surface area contributed by atoms with Gasteiger partial charge in [-0.1, -0.05) is 6.07 Å². The van der Waals surface area contributed by atoms with Crippen LogP contribution in [0.4, 0.5) is 0 Å². The van der Waals surface area contributed by atoms with E-state index >= 15 is 0 Å².